The van der Waals surface area contributed by atoms with E-state index in [0.717, 1.165) is 0 Å². The van der Waals surface area contributed by atoms with Gasteiger partial charge in [0.2, 0.25) is 5.79 Å². The van der Waals surface area contributed by atoms with Crippen molar-refractivity contribution in [2.24, 2.45) is 21.5 Å². The second kappa shape index (κ2) is 5.95. The minimum Gasteiger partial charge on any atom is -0.451 e. The smallest absolute Gasteiger partial charge is 0.338 e. The summed E-state index contributed by atoms with van der Waals surface area (Å²) in [5, 5.41) is 34.4. The summed E-state index contributed by atoms with van der Waals surface area (Å²) in [5.41, 5.74) is 16.3. The number of carbonyl (C=O) groups is 1. The van der Waals surface area contributed by atoms with Crippen LogP contribution < -0.4 is 22.5 Å². The number of ether oxygens (including phenoxy) is 1. The van der Waals surface area contributed by atoms with E-state index in [4.69, 9.17) is 21.9 Å². The van der Waals surface area contributed by atoms with Crippen LogP contribution in [0.5, 0.6) is 0 Å². The minimum atomic E-state index is -2.64. The van der Waals surface area contributed by atoms with Crippen LogP contribution in [0.4, 0.5) is 5.69 Å². The fraction of sp³-hybridized carbons (Fsp3) is 0.438. The van der Waals surface area contributed by atoms with Crippen molar-refractivity contribution in [3.8, 4) is 0 Å². The normalized spacial score (nSPS) is 32.7. The maximum Gasteiger partial charge on any atom is 0.338 e. The molecule has 1 aromatic rings. The van der Waals surface area contributed by atoms with Gasteiger partial charge in [0.05, 0.1) is 18.7 Å². The van der Waals surface area contributed by atoms with Crippen molar-refractivity contribution in [1.29, 1.82) is 0 Å². The molecule has 4 atom stereocenters. The van der Waals surface area contributed by atoms with Crippen LogP contribution in [0.2, 0.25) is 0 Å². The number of aliphatic hydroxyl groups is 3. The average Bonchev–Trinajstić information content (AvgIpc) is 3.11. The Morgan fingerprint density at radius 1 is 1.25 bits per heavy atom. The molecule has 0 bridgehead atoms. The van der Waals surface area contributed by atoms with Crippen LogP contribution in [0.25, 0.3) is 0 Å². The minimum absolute atomic E-state index is 0.0637. The number of anilines is 1. The van der Waals surface area contributed by atoms with Gasteiger partial charge in [-0.05, 0) is 24.3 Å². The molecule has 1 aromatic carbocycles. The van der Waals surface area contributed by atoms with Gasteiger partial charge in [-0.3, -0.25) is 0 Å². The first-order valence-corrected chi connectivity index (χ1v) is 8.55. The zero-order chi connectivity index (χ0) is 20.3. The highest BCUT2D eigenvalue weighted by atomic mass is 16.6. The number of hydrogen-bond acceptors (Lipinski definition) is 12. The molecule has 150 valence electrons. The van der Waals surface area contributed by atoms with E-state index >= 15 is 0 Å². The molecule has 0 aromatic heterocycles. The average molecular weight is 391 g/mol. The van der Waals surface area contributed by atoms with Crippen LogP contribution in [-0.2, 0) is 4.74 Å². The molecule has 3 heterocycles. The van der Waals surface area contributed by atoms with E-state index in [9.17, 15) is 20.1 Å². The molecule has 0 unspecified atom stereocenters. The largest absolute Gasteiger partial charge is 0.451 e. The van der Waals surface area contributed by atoms with Gasteiger partial charge in [0, 0.05) is 5.69 Å². The first-order chi connectivity index (χ1) is 13.2. The number of aliphatic imine (C=N–C) groups is 2. The van der Waals surface area contributed by atoms with E-state index < -0.39 is 42.2 Å². The molecule has 10 N–H and O–H groups in total. The fourth-order valence-electron chi connectivity index (χ4n) is 3.99. The monoisotopic (exact) mass is 391 g/mol. The molecule has 0 radical (unpaired) electrons. The molecule has 3 aliphatic rings. The van der Waals surface area contributed by atoms with Crippen LogP contribution in [0, 0.1) is 0 Å². The Hall–Kier alpha value is -3.09. The number of carbonyl (C=O) groups excluding carboxylic acids is 1. The number of rotatable bonds is 3. The van der Waals surface area contributed by atoms with Crippen LogP contribution in [0.15, 0.2) is 34.3 Å². The molecule has 28 heavy (non-hydrogen) atoms. The molecular formula is C16H21N7O5. The molecule has 3 aliphatic heterocycles. The van der Waals surface area contributed by atoms with Gasteiger partial charge in [-0.25, -0.2) is 14.8 Å². The molecule has 0 saturated carbocycles. The SMILES string of the molecule is NC1=N[C@H]2[C@H](CO)N=C(N)N3C[C@H](OC(=O)c4ccc(N)cc4)C(O)(O)[C@]23N1. The molecule has 0 aliphatic carbocycles. The first-order valence-electron chi connectivity index (χ1n) is 8.55. The summed E-state index contributed by atoms with van der Waals surface area (Å²) in [5.74, 6) is -3.55. The second-order valence-electron chi connectivity index (χ2n) is 6.94. The van der Waals surface area contributed by atoms with Crippen molar-refractivity contribution >= 4 is 23.6 Å². The molecule has 12 heteroatoms. The Balaban J connectivity index is 1.68. The van der Waals surface area contributed by atoms with Gasteiger partial charge in [0.15, 0.2) is 23.7 Å². The summed E-state index contributed by atoms with van der Waals surface area (Å²) in [6.45, 7) is -0.612. The lowest BCUT2D eigenvalue weighted by atomic mass is 9.86. The summed E-state index contributed by atoms with van der Waals surface area (Å²) in [6.07, 6.45) is -1.40. The molecule has 0 amide bonds. The van der Waals surface area contributed by atoms with E-state index in [0.29, 0.717) is 5.69 Å². The van der Waals surface area contributed by atoms with Crippen molar-refractivity contribution in [3.05, 3.63) is 29.8 Å². The summed E-state index contributed by atoms with van der Waals surface area (Å²) in [6, 6.07) is 4.17. The van der Waals surface area contributed by atoms with E-state index in [1.807, 2.05) is 0 Å². The maximum atomic E-state index is 12.5. The number of nitrogens with two attached hydrogens (primary N) is 3. The highest BCUT2D eigenvalue weighted by Crippen LogP contribution is 2.45. The van der Waals surface area contributed by atoms with Gasteiger partial charge in [0.25, 0.3) is 0 Å². The van der Waals surface area contributed by atoms with Crippen LogP contribution in [0.3, 0.4) is 0 Å². The summed E-state index contributed by atoms with van der Waals surface area (Å²) in [7, 11) is 0. The number of guanidine groups is 2. The Bertz CT molecular complexity index is 871. The topological polar surface area (TPSA) is 205 Å². The lowest BCUT2D eigenvalue weighted by Crippen LogP contribution is -2.77. The number of nitrogen functional groups attached to an aromatic ring is 1. The Morgan fingerprint density at radius 3 is 2.57 bits per heavy atom. The summed E-state index contributed by atoms with van der Waals surface area (Å²) in [4.78, 5) is 22.1. The van der Waals surface area contributed by atoms with Crippen LogP contribution >= 0.6 is 0 Å². The predicted octanol–water partition coefficient (Wildman–Crippen LogP) is -3.54. The molecular weight excluding hydrogens is 370 g/mol. The zero-order valence-corrected chi connectivity index (χ0v) is 14.7. The van der Waals surface area contributed by atoms with Crippen molar-refractivity contribution in [1.82, 2.24) is 10.2 Å². The quantitative estimate of drug-likeness (QED) is 0.153. The van der Waals surface area contributed by atoms with Crippen LogP contribution in [0.1, 0.15) is 10.4 Å². The molecule has 1 spiro atoms. The fourth-order valence-corrected chi connectivity index (χ4v) is 3.99. The molecule has 1 saturated heterocycles. The second-order valence-corrected chi connectivity index (χ2v) is 6.94. The maximum absolute atomic E-state index is 12.5. The number of esters is 1. The van der Waals surface area contributed by atoms with Gasteiger partial charge in [-0.2, -0.15) is 0 Å². The van der Waals surface area contributed by atoms with E-state index in [-0.39, 0.29) is 24.0 Å². The van der Waals surface area contributed by atoms with Gasteiger partial charge in [0.1, 0.15) is 12.1 Å². The molecule has 4 rings (SSSR count). The lowest BCUT2D eigenvalue weighted by Gasteiger charge is -2.48. The van der Waals surface area contributed by atoms with Gasteiger partial charge < -0.3 is 47.5 Å². The number of benzene rings is 1. The van der Waals surface area contributed by atoms with E-state index in [1.165, 1.54) is 29.2 Å². The number of nitrogens with one attached hydrogen (secondary N) is 1. The van der Waals surface area contributed by atoms with E-state index in [2.05, 4.69) is 15.3 Å². The highest BCUT2D eigenvalue weighted by molar-refractivity contribution is 5.90. The number of aliphatic hydroxyl groups excluding tert-OH is 1. The van der Waals surface area contributed by atoms with Crippen molar-refractivity contribution in [3.63, 3.8) is 0 Å². The highest BCUT2D eigenvalue weighted by Gasteiger charge is 2.74. The van der Waals surface area contributed by atoms with E-state index in [1.54, 1.807) is 0 Å². The van der Waals surface area contributed by atoms with Crippen molar-refractivity contribution < 1.29 is 24.9 Å². The number of nitrogens with zero attached hydrogens (tertiary/aromatic N) is 3. The lowest BCUT2D eigenvalue weighted by molar-refractivity contribution is -0.257. The van der Waals surface area contributed by atoms with Crippen molar-refractivity contribution in [2.75, 3.05) is 18.9 Å². The van der Waals surface area contributed by atoms with Crippen molar-refractivity contribution in [2.45, 2.75) is 29.6 Å². The van der Waals surface area contributed by atoms with Gasteiger partial charge >= 0.3 is 5.97 Å². The van der Waals surface area contributed by atoms with Gasteiger partial charge in [-0.1, -0.05) is 0 Å². The number of hydrogen-bond donors (Lipinski definition) is 7. The Labute approximate surface area is 159 Å². The summed E-state index contributed by atoms with van der Waals surface area (Å²) < 4.78 is 5.37. The standard InChI is InChI=1S/C16H21N7O5/c17-8-3-1-7(2-4-8)12(25)28-10-5-23-14(19)20-9(6-24)11-15(23,16(10,26)27)22-13(18)21-11/h1-4,9-11,24,26-27H,5-6,17H2,(H2,19,20)(H3,18,21,22)/t9-,10-,11-,15-/m0/s1. The third-order valence-electron chi connectivity index (χ3n) is 5.33. The Kier molecular flexibility index (Phi) is 3.89. The predicted molar refractivity (Wildman–Crippen MR) is 97.7 cm³/mol. The van der Waals surface area contributed by atoms with Gasteiger partial charge in [-0.15, -0.1) is 0 Å². The Morgan fingerprint density at radius 2 is 1.93 bits per heavy atom. The molecule has 1 fully saturated rings. The first kappa shape index (κ1) is 18.3. The third kappa shape index (κ3) is 2.32. The third-order valence-corrected chi connectivity index (χ3v) is 5.33. The van der Waals surface area contributed by atoms with Crippen LogP contribution in [-0.4, -0.2) is 80.9 Å². The zero-order valence-electron chi connectivity index (χ0n) is 14.7. The molecule has 12 nitrogen and oxygen atoms in total. The summed E-state index contributed by atoms with van der Waals surface area (Å²) >= 11 is 0.